The number of nitrogens with one attached hydrogen (secondary N) is 1. The Morgan fingerprint density at radius 2 is 1.96 bits per heavy atom. The molecule has 0 saturated carbocycles. The molecule has 2 N–H and O–H groups in total. The second kappa shape index (κ2) is 7.94. The number of rotatable bonds is 5. The molecule has 0 radical (unpaired) electrons. The van der Waals surface area contributed by atoms with Crippen LogP contribution >= 0.6 is 0 Å². The van der Waals surface area contributed by atoms with Crippen LogP contribution in [0.5, 0.6) is 0 Å². The molecule has 0 aliphatic carbocycles. The van der Waals surface area contributed by atoms with Gasteiger partial charge in [-0.05, 0) is 42.0 Å². The van der Waals surface area contributed by atoms with Crippen molar-refractivity contribution in [1.82, 2.24) is 5.32 Å². The van der Waals surface area contributed by atoms with E-state index in [1.54, 1.807) is 0 Å². The van der Waals surface area contributed by atoms with E-state index in [-0.39, 0.29) is 12.5 Å². The number of hydrogen-bond acceptors (Lipinski definition) is 4. The van der Waals surface area contributed by atoms with Crippen molar-refractivity contribution in [3.05, 3.63) is 65.2 Å². The number of likely N-dealkylation sites (N-methyl/N-ethyl adjacent to an activating group) is 1. The van der Waals surface area contributed by atoms with Gasteiger partial charge < -0.3 is 20.1 Å². The fourth-order valence-corrected chi connectivity index (χ4v) is 4.39. The molecular formula is C23H28N2O3. The highest BCUT2D eigenvalue weighted by atomic mass is 16.5. The zero-order chi connectivity index (χ0) is 19.6. The number of amides is 1. The Morgan fingerprint density at radius 3 is 2.71 bits per heavy atom. The Bertz CT molecular complexity index is 831. The number of anilines is 1. The van der Waals surface area contributed by atoms with Crippen molar-refractivity contribution in [1.29, 1.82) is 0 Å². The number of nitrogens with zero attached hydrogens (tertiary/aromatic N) is 1. The molecule has 28 heavy (non-hydrogen) atoms. The third-order valence-corrected chi connectivity index (χ3v) is 6.18. The number of fused-ring (bicyclic) bond motifs is 1. The quantitative estimate of drug-likeness (QED) is 0.837. The van der Waals surface area contributed by atoms with Crippen LogP contribution < -0.4 is 10.2 Å². The lowest BCUT2D eigenvalue weighted by Crippen LogP contribution is -2.48. The lowest BCUT2D eigenvalue weighted by Gasteiger charge is -2.36. The third kappa shape index (κ3) is 3.52. The van der Waals surface area contributed by atoms with Gasteiger partial charge in [-0.1, -0.05) is 42.5 Å². The van der Waals surface area contributed by atoms with E-state index in [1.165, 1.54) is 11.3 Å². The van der Waals surface area contributed by atoms with Gasteiger partial charge in [-0.15, -0.1) is 0 Å². The second-order valence-corrected chi connectivity index (χ2v) is 7.85. The van der Waals surface area contributed by atoms with Crippen LogP contribution in [0.3, 0.4) is 0 Å². The summed E-state index contributed by atoms with van der Waals surface area (Å²) < 4.78 is 5.51. The molecule has 1 atom stereocenters. The van der Waals surface area contributed by atoms with Crippen molar-refractivity contribution in [3.8, 4) is 0 Å². The Hall–Kier alpha value is -2.37. The number of carbonyl (C=O) groups excluding carboxylic acids is 1. The summed E-state index contributed by atoms with van der Waals surface area (Å²) in [7, 11) is 2.08. The normalized spacial score (nSPS) is 19.1. The number of aliphatic hydroxyl groups excluding tert-OH is 1. The maximum atomic E-state index is 13.2. The predicted octanol–water partition coefficient (Wildman–Crippen LogP) is 2.58. The highest BCUT2D eigenvalue weighted by Gasteiger charge is 2.41. The predicted molar refractivity (Wildman–Crippen MR) is 110 cm³/mol. The fourth-order valence-electron chi connectivity index (χ4n) is 4.39. The topological polar surface area (TPSA) is 61.8 Å². The van der Waals surface area contributed by atoms with Crippen LogP contribution in [0.4, 0.5) is 5.69 Å². The van der Waals surface area contributed by atoms with E-state index in [4.69, 9.17) is 4.74 Å². The minimum Gasteiger partial charge on any atom is -0.387 e. The summed E-state index contributed by atoms with van der Waals surface area (Å²) in [5, 5.41) is 13.7. The highest BCUT2D eigenvalue weighted by molar-refractivity contribution is 5.88. The van der Waals surface area contributed by atoms with Gasteiger partial charge in [0.1, 0.15) is 0 Å². The summed E-state index contributed by atoms with van der Waals surface area (Å²) in [6.07, 6.45) is 1.59. The Labute approximate surface area is 166 Å². The van der Waals surface area contributed by atoms with Crippen molar-refractivity contribution < 1.29 is 14.6 Å². The van der Waals surface area contributed by atoms with Crippen LogP contribution in [0.1, 0.15) is 35.6 Å². The standard InChI is InChI=1S/C23H28N2O3/c1-25-12-9-17-15-18(7-8-20(17)25)21(26)16-24-22(27)23(10-13-28-14-11-23)19-5-3-2-4-6-19/h2-8,15,21,26H,9-14,16H2,1H3,(H,24,27). The minimum absolute atomic E-state index is 0.0260. The Kier molecular flexibility index (Phi) is 5.38. The van der Waals surface area contributed by atoms with E-state index in [0.717, 1.165) is 24.1 Å². The average Bonchev–Trinajstić information content (AvgIpc) is 3.13. The molecule has 1 unspecified atom stereocenters. The molecule has 2 aliphatic heterocycles. The minimum atomic E-state index is -0.715. The maximum Gasteiger partial charge on any atom is 0.230 e. The van der Waals surface area contributed by atoms with Gasteiger partial charge in [-0.3, -0.25) is 4.79 Å². The first-order chi connectivity index (χ1) is 13.6. The first kappa shape index (κ1) is 19.0. The molecule has 0 bridgehead atoms. The molecule has 1 amide bonds. The molecule has 148 valence electrons. The van der Waals surface area contributed by atoms with Crippen LogP contribution in [-0.2, 0) is 21.4 Å². The molecule has 5 heteroatoms. The van der Waals surface area contributed by atoms with Crippen LogP contribution in [-0.4, -0.2) is 44.4 Å². The molecule has 2 aromatic carbocycles. The Morgan fingerprint density at radius 1 is 1.21 bits per heavy atom. The average molecular weight is 380 g/mol. The van der Waals surface area contributed by atoms with Gasteiger partial charge in [0, 0.05) is 39.0 Å². The second-order valence-electron chi connectivity index (χ2n) is 7.85. The summed E-state index contributed by atoms with van der Waals surface area (Å²) in [6.45, 7) is 2.36. The van der Waals surface area contributed by atoms with Crippen LogP contribution in [0.2, 0.25) is 0 Å². The SMILES string of the molecule is CN1CCc2cc(C(O)CNC(=O)C3(c4ccccc4)CCOCC3)ccc21. The van der Waals surface area contributed by atoms with E-state index in [2.05, 4.69) is 29.4 Å². The molecule has 2 aliphatic rings. The van der Waals surface area contributed by atoms with Crippen LogP contribution in [0.25, 0.3) is 0 Å². The van der Waals surface area contributed by atoms with E-state index < -0.39 is 11.5 Å². The number of benzene rings is 2. The number of hydrogen-bond donors (Lipinski definition) is 2. The first-order valence-electron chi connectivity index (χ1n) is 10.0. The Balaban J connectivity index is 1.46. The summed E-state index contributed by atoms with van der Waals surface area (Å²) >= 11 is 0. The third-order valence-electron chi connectivity index (χ3n) is 6.18. The smallest absolute Gasteiger partial charge is 0.230 e. The van der Waals surface area contributed by atoms with Gasteiger partial charge in [-0.2, -0.15) is 0 Å². The lowest BCUT2D eigenvalue weighted by molar-refractivity contribution is -0.131. The number of aliphatic hydroxyl groups is 1. The molecule has 4 rings (SSSR count). The maximum absolute atomic E-state index is 13.2. The molecular weight excluding hydrogens is 352 g/mol. The molecule has 0 aromatic heterocycles. The summed E-state index contributed by atoms with van der Waals surface area (Å²) in [6, 6.07) is 16.0. The van der Waals surface area contributed by atoms with Crippen molar-refractivity contribution in [2.45, 2.75) is 30.8 Å². The van der Waals surface area contributed by atoms with Crippen molar-refractivity contribution in [2.24, 2.45) is 0 Å². The van der Waals surface area contributed by atoms with Gasteiger partial charge in [0.15, 0.2) is 0 Å². The lowest BCUT2D eigenvalue weighted by atomic mass is 9.73. The molecule has 0 spiro atoms. The van der Waals surface area contributed by atoms with E-state index >= 15 is 0 Å². The first-order valence-corrected chi connectivity index (χ1v) is 10.0. The van der Waals surface area contributed by atoms with Gasteiger partial charge >= 0.3 is 0 Å². The van der Waals surface area contributed by atoms with E-state index in [1.807, 2.05) is 36.4 Å². The zero-order valence-electron chi connectivity index (χ0n) is 16.4. The molecule has 1 fully saturated rings. The van der Waals surface area contributed by atoms with Gasteiger partial charge in [-0.25, -0.2) is 0 Å². The van der Waals surface area contributed by atoms with Gasteiger partial charge in [0.05, 0.1) is 11.5 Å². The number of ether oxygens (including phenoxy) is 1. The summed E-state index contributed by atoms with van der Waals surface area (Å²) in [5.74, 6) is -0.0260. The fraction of sp³-hybridized carbons (Fsp3) is 0.435. The number of carbonyl (C=O) groups is 1. The van der Waals surface area contributed by atoms with Gasteiger partial charge in [0.25, 0.3) is 0 Å². The molecule has 1 saturated heterocycles. The zero-order valence-corrected chi connectivity index (χ0v) is 16.4. The largest absolute Gasteiger partial charge is 0.387 e. The molecule has 2 aromatic rings. The van der Waals surface area contributed by atoms with Crippen LogP contribution in [0.15, 0.2) is 48.5 Å². The highest BCUT2D eigenvalue weighted by Crippen LogP contribution is 2.35. The summed E-state index contributed by atoms with van der Waals surface area (Å²) in [4.78, 5) is 15.4. The molecule has 5 nitrogen and oxygen atoms in total. The van der Waals surface area contributed by atoms with Gasteiger partial charge in [0.2, 0.25) is 5.91 Å². The van der Waals surface area contributed by atoms with Crippen molar-refractivity contribution in [3.63, 3.8) is 0 Å². The van der Waals surface area contributed by atoms with Crippen molar-refractivity contribution in [2.75, 3.05) is 38.3 Å². The van der Waals surface area contributed by atoms with Crippen LogP contribution in [0, 0.1) is 0 Å². The van der Waals surface area contributed by atoms with Crippen molar-refractivity contribution >= 4 is 11.6 Å². The molecule has 2 heterocycles. The van der Waals surface area contributed by atoms with E-state index in [0.29, 0.717) is 26.1 Å². The van der Waals surface area contributed by atoms with E-state index in [9.17, 15) is 9.90 Å². The summed E-state index contributed by atoms with van der Waals surface area (Å²) in [5.41, 5.74) is 3.78. The monoisotopic (exact) mass is 380 g/mol.